The predicted octanol–water partition coefficient (Wildman–Crippen LogP) is 7.22. The Morgan fingerprint density at radius 1 is 0.472 bits per heavy atom. The summed E-state index contributed by atoms with van der Waals surface area (Å²) in [5, 5.41) is 17.2. The van der Waals surface area contributed by atoms with Crippen LogP contribution in [0.1, 0.15) is 129 Å². The molecule has 0 bridgehead atoms. The van der Waals surface area contributed by atoms with Gasteiger partial charge in [0.2, 0.25) is 0 Å². The van der Waals surface area contributed by atoms with Crippen molar-refractivity contribution in [2.45, 2.75) is 129 Å². The number of aliphatic hydroxyl groups is 2. The summed E-state index contributed by atoms with van der Waals surface area (Å²) in [4.78, 5) is 22.1. The van der Waals surface area contributed by atoms with Gasteiger partial charge in [0.15, 0.2) is 0 Å². The second kappa shape index (κ2) is 29.6. The molecule has 0 amide bonds. The maximum absolute atomic E-state index is 11.1. The molecule has 0 atom stereocenters. The van der Waals surface area contributed by atoms with Crippen LogP contribution in [-0.4, -0.2) is 48.6 Å². The van der Waals surface area contributed by atoms with Crippen LogP contribution >= 0.6 is 0 Å². The van der Waals surface area contributed by atoms with E-state index in [1.807, 2.05) is 0 Å². The van der Waals surface area contributed by atoms with Crippen LogP contribution in [0.4, 0.5) is 0 Å². The SMILES string of the molecule is C=C(C)C(=O)OCCCCCCCCCCCCO.C=C(C)C(=O)OCCCCCCCCCCO. The van der Waals surface area contributed by atoms with E-state index in [-0.39, 0.29) is 11.9 Å². The first-order valence-corrected chi connectivity index (χ1v) is 14.2. The van der Waals surface area contributed by atoms with E-state index in [1.54, 1.807) is 13.8 Å². The largest absolute Gasteiger partial charge is 0.462 e. The number of unbranched alkanes of at least 4 members (excludes halogenated alkanes) is 16. The summed E-state index contributed by atoms with van der Waals surface area (Å²) >= 11 is 0. The van der Waals surface area contributed by atoms with Gasteiger partial charge in [0, 0.05) is 24.4 Å². The van der Waals surface area contributed by atoms with E-state index in [2.05, 4.69) is 13.2 Å². The van der Waals surface area contributed by atoms with Crippen LogP contribution in [0.25, 0.3) is 0 Å². The highest BCUT2D eigenvalue weighted by Gasteiger charge is 2.02. The van der Waals surface area contributed by atoms with Gasteiger partial charge >= 0.3 is 11.9 Å². The molecule has 0 rings (SSSR count). The molecule has 0 radical (unpaired) electrons. The molecule has 0 fully saturated rings. The van der Waals surface area contributed by atoms with Gasteiger partial charge < -0.3 is 19.7 Å². The van der Waals surface area contributed by atoms with Gasteiger partial charge in [0.05, 0.1) is 13.2 Å². The van der Waals surface area contributed by atoms with Crippen molar-refractivity contribution < 1.29 is 29.3 Å². The van der Waals surface area contributed by atoms with Crippen LogP contribution in [0.15, 0.2) is 24.3 Å². The molecule has 6 nitrogen and oxygen atoms in total. The molecule has 2 N–H and O–H groups in total. The summed E-state index contributed by atoms with van der Waals surface area (Å²) in [7, 11) is 0. The average Bonchev–Trinajstić information content (AvgIpc) is 2.85. The van der Waals surface area contributed by atoms with Crippen LogP contribution in [0, 0.1) is 0 Å². The van der Waals surface area contributed by atoms with Gasteiger partial charge in [-0.3, -0.25) is 0 Å². The van der Waals surface area contributed by atoms with Crippen molar-refractivity contribution in [3.63, 3.8) is 0 Å². The second-order valence-corrected chi connectivity index (χ2v) is 9.64. The van der Waals surface area contributed by atoms with Crippen molar-refractivity contribution in [3.05, 3.63) is 24.3 Å². The zero-order chi connectivity index (χ0) is 27.3. The quantitative estimate of drug-likeness (QED) is 0.0806. The van der Waals surface area contributed by atoms with Crippen molar-refractivity contribution in [1.82, 2.24) is 0 Å². The normalized spacial score (nSPS) is 10.3. The van der Waals surface area contributed by atoms with Crippen LogP contribution in [0.3, 0.4) is 0 Å². The number of carbonyl (C=O) groups is 2. The lowest BCUT2D eigenvalue weighted by Gasteiger charge is -2.04. The summed E-state index contributed by atoms with van der Waals surface area (Å²) in [6.07, 6.45) is 20.8. The Bertz CT molecular complexity index is 544. The number of esters is 2. The Kier molecular flexibility index (Phi) is 30.0. The zero-order valence-electron chi connectivity index (χ0n) is 23.5. The first-order valence-electron chi connectivity index (χ1n) is 14.2. The molecule has 0 aliphatic rings. The Labute approximate surface area is 221 Å². The topological polar surface area (TPSA) is 93.1 Å². The monoisotopic (exact) mass is 512 g/mol. The minimum absolute atomic E-state index is 0.275. The molecule has 0 heterocycles. The Balaban J connectivity index is 0. The molecule has 0 saturated heterocycles. The summed E-state index contributed by atoms with van der Waals surface area (Å²) in [6.45, 7) is 12.1. The van der Waals surface area contributed by atoms with Gasteiger partial charge in [-0.1, -0.05) is 103 Å². The van der Waals surface area contributed by atoms with Crippen molar-refractivity contribution in [3.8, 4) is 0 Å². The van der Waals surface area contributed by atoms with E-state index in [0.29, 0.717) is 37.6 Å². The van der Waals surface area contributed by atoms with Crippen LogP contribution in [0.5, 0.6) is 0 Å². The van der Waals surface area contributed by atoms with E-state index >= 15 is 0 Å². The van der Waals surface area contributed by atoms with E-state index in [4.69, 9.17) is 19.7 Å². The Hall–Kier alpha value is -1.66. The third-order valence-electron chi connectivity index (χ3n) is 5.77. The summed E-state index contributed by atoms with van der Waals surface area (Å²) in [6, 6.07) is 0. The van der Waals surface area contributed by atoms with Crippen molar-refractivity contribution in [2.75, 3.05) is 26.4 Å². The van der Waals surface area contributed by atoms with Gasteiger partial charge in [-0.15, -0.1) is 0 Å². The number of hydrogen-bond donors (Lipinski definition) is 2. The third kappa shape index (κ3) is 30.4. The Morgan fingerprint density at radius 3 is 0.917 bits per heavy atom. The third-order valence-corrected chi connectivity index (χ3v) is 5.77. The van der Waals surface area contributed by atoms with E-state index in [0.717, 1.165) is 51.4 Å². The van der Waals surface area contributed by atoms with Crippen molar-refractivity contribution >= 4 is 11.9 Å². The molecule has 0 aromatic carbocycles. The van der Waals surface area contributed by atoms with E-state index in [1.165, 1.54) is 64.2 Å². The summed E-state index contributed by atoms with van der Waals surface area (Å²) < 4.78 is 10.0. The number of rotatable bonds is 24. The smallest absolute Gasteiger partial charge is 0.333 e. The fourth-order valence-electron chi connectivity index (χ4n) is 3.48. The average molecular weight is 513 g/mol. The maximum atomic E-state index is 11.1. The molecule has 6 heteroatoms. The predicted molar refractivity (Wildman–Crippen MR) is 149 cm³/mol. The number of hydrogen-bond acceptors (Lipinski definition) is 6. The van der Waals surface area contributed by atoms with Gasteiger partial charge in [-0.25, -0.2) is 9.59 Å². The maximum Gasteiger partial charge on any atom is 0.333 e. The lowest BCUT2D eigenvalue weighted by molar-refractivity contribution is -0.139. The molecule has 0 aromatic heterocycles. The minimum atomic E-state index is -0.283. The molecular formula is C30H56O6. The number of carbonyl (C=O) groups excluding carboxylic acids is 2. The molecule has 36 heavy (non-hydrogen) atoms. The van der Waals surface area contributed by atoms with Crippen molar-refractivity contribution in [1.29, 1.82) is 0 Å². The molecule has 0 aromatic rings. The fourth-order valence-corrected chi connectivity index (χ4v) is 3.48. The van der Waals surface area contributed by atoms with Crippen LogP contribution in [-0.2, 0) is 19.1 Å². The molecule has 212 valence electrons. The highest BCUT2D eigenvalue weighted by molar-refractivity contribution is 5.87. The van der Waals surface area contributed by atoms with Gasteiger partial charge in [0.25, 0.3) is 0 Å². The molecule has 0 unspecified atom stereocenters. The van der Waals surface area contributed by atoms with Gasteiger partial charge in [-0.05, 0) is 39.5 Å². The first-order chi connectivity index (χ1) is 17.4. The summed E-state index contributed by atoms with van der Waals surface area (Å²) in [5.74, 6) is -0.558. The second-order valence-electron chi connectivity index (χ2n) is 9.64. The highest BCUT2D eigenvalue weighted by atomic mass is 16.5. The molecular weight excluding hydrogens is 456 g/mol. The summed E-state index contributed by atoms with van der Waals surface area (Å²) in [5.41, 5.74) is 0.940. The molecule has 0 aliphatic carbocycles. The lowest BCUT2D eigenvalue weighted by Crippen LogP contribution is -2.05. The first kappa shape index (κ1) is 36.5. The molecule has 0 spiro atoms. The van der Waals surface area contributed by atoms with Crippen molar-refractivity contribution in [2.24, 2.45) is 0 Å². The number of ether oxygens (including phenoxy) is 2. The van der Waals surface area contributed by atoms with E-state index < -0.39 is 0 Å². The van der Waals surface area contributed by atoms with Crippen LogP contribution in [0.2, 0.25) is 0 Å². The van der Waals surface area contributed by atoms with Crippen LogP contribution < -0.4 is 0 Å². The highest BCUT2D eigenvalue weighted by Crippen LogP contribution is 2.11. The number of aliphatic hydroxyl groups excluding tert-OH is 2. The Morgan fingerprint density at radius 2 is 0.694 bits per heavy atom. The zero-order valence-corrected chi connectivity index (χ0v) is 23.5. The molecule has 0 aliphatic heterocycles. The standard InChI is InChI=1S/C16H30O3.C14H26O3/c1-15(2)16(18)19-14-12-10-8-6-4-3-5-7-9-11-13-17;1-13(2)14(16)17-12-10-8-6-4-3-5-7-9-11-15/h17H,1,3-14H2,2H3;15H,1,3-12H2,2H3. The minimum Gasteiger partial charge on any atom is -0.462 e. The van der Waals surface area contributed by atoms with E-state index in [9.17, 15) is 9.59 Å². The van der Waals surface area contributed by atoms with Gasteiger partial charge in [-0.2, -0.15) is 0 Å². The lowest BCUT2D eigenvalue weighted by atomic mass is 10.1. The molecule has 0 saturated carbocycles. The van der Waals surface area contributed by atoms with Gasteiger partial charge in [0.1, 0.15) is 0 Å². The fraction of sp³-hybridized carbons (Fsp3) is 0.800.